The van der Waals surface area contributed by atoms with E-state index in [2.05, 4.69) is 83.0 Å². The molecule has 0 spiro atoms. The molecule has 52 heavy (non-hydrogen) atoms. The number of anilines is 2. The van der Waals surface area contributed by atoms with Crippen molar-refractivity contribution < 1.29 is 14.2 Å². The number of aryl methyl sites for hydroxylation is 1. The van der Waals surface area contributed by atoms with Crippen LogP contribution in [0.3, 0.4) is 0 Å². The highest BCUT2D eigenvalue weighted by molar-refractivity contribution is 7.80. The van der Waals surface area contributed by atoms with Crippen molar-refractivity contribution in [1.82, 2.24) is 29.1 Å². The highest BCUT2D eigenvalue weighted by Gasteiger charge is 2.45. The van der Waals surface area contributed by atoms with E-state index in [1.165, 1.54) is 6.33 Å². The van der Waals surface area contributed by atoms with Crippen LogP contribution in [0.5, 0.6) is 5.75 Å². The summed E-state index contributed by atoms with van der Waals surface area (Å²) in [6.07, 6.45) is 4.26. The smallest absolute Gasteiger partial charge is 0.350 e. The fourth-order valence-electron chi connectivity index (χ4n) is 6.68. The standard InChI is InChI=1S/C39H48N8O4S/c1-28-6-15-34(35(52)20-28)39(23-45-26-40-25-41-45)24-50-36(51-39)22-49-33-13-11-31(12-14-33)44-18-16-43(17-19-44)30-7-9-32(10-8-30)46-27-42-47(37(46)48)21-29(2)38(3,4)5/h6-15,20,25-27,29,36,52H,16-19,21-24H2,1-5H3/t29?,36-,39?/m0/s1. The highest BCUT2D eigenvalue weighted by atomic mass is 32.1. The topological polar surface area (TPSA) is 105 Å². The fraction of sp³-hybridized carbons (Fsp3) is 0.436. The molecule has 2 aliphatic rings. The molecule has 2 aliphatic heterocycles. The van der Waals surface area contributed by atoms with E-state index < -0.39 is 11.9 Å². The maximum Gasteiger partial charge on any atom is 0.350 e. The lowest BCUT2D eigenvalue weighted by Gasteiger charge is -2.37. The first-order chi connectivity index (χ1) is 25.0. The molecule has 2 saturated heterocycles. The first-order valence-electron chi connectivity index (χ1n) is 17.9. The average Bonchev–Trinajstić information content (AvgIpc) is 3.89. The molecule has 3 atom stereocenters. The van der Waals surface area contributed by atoms with E-state index in [0.717, 1.165) is 65.0 Å². The van der Waals surface area contributed by atoms with Crippen molar-refractivity contribution in [2.45, 2.75) is 64.5 Å². The van der Waals surface area contributed by atoms with Crippen molar-refractivity contribution in [3.63, 3.8) is 0 Å². The van der Waals surface area contributed by atoms with E-state index in [0.29, 0.717) is 25.6 Å². The number of nitrogens with zero attached hydrogens (tertiary/aromatic N) is 8. The van der Waals surface area contributed by atoms with Crippen LogP contribution in [0.1, 0.15) is 38.8 Å². The number of hydrogen-bond donors (Lipinski definition) is 1. The Bertz CT molecular complexity index is 2000. The molecule has 2 unspecified atom stereocenters. The monoisotopic (exact) mass is 724 g/mol. The van der Waals surface area contributed by atoms with Crippen molar-refractivity contribution in [1.29, 1.82) is 0 Å². The van der Waals surface area contributed by atoms with E-state index in [1.54, 1.807) is 26.6 Å². The molecular formula is C39H48N8O4S. The number of aromatic nitrogens is 6. The lowest BCUT2D eigenvalue weighted by atomic mass is 9.82. The minimum Gasteiger partial charge on any atom is -0.488 e. The summed E-state index contributed by atoms with van der Waals surface area (Å²) in [5.74, 6) is 1.07. The van der Waals surface area contributed by atoms with Crippen LogP contribution in [0.15, 0.2) is 95.4 Å². The van der Waals surface area contributed by atoms with Gasteiger partial charge in [0.2, 0.25) is 0 Å². The van der Waals surface area contributed by atoms with Crippen molar-refractivity contribution in [2.24, 2.45) is 11.3 Å². The highest BCUT2D eigenvalue weighted by Crippen LogP contribution is 2.39. The molecule has 5 aromatic rings. The summed E-state index contributed by atoms with van der Waals surface area (Å²) in [6.45, 7) is 16.0. The zero-order valence-electron chi connectivity index (χ0n) is 30.6. The van der Waals surface area contributed by atoms with Gasteiger partial charge in [0.15, 0.2) is 6.29 Å². The Hall–Kier alpha value is -4.59. The van der Waals surface area contributed by atoms with Gasteiger partial charge < -0.3 is 24.0 Å². The van der Waals surface area contributed by atoms with Gasteiger partial charge in [-0.1, -0.05) is 45.4 Å². The number of hydrogen-bond acceptors (Lipinski definition) is 10. The van der Waals surface area contributed by atoms with Gasteiger partial charge in [0.25, 0.3) is 0 Å². The van der Waals surface area contributed by atoms with Crippen LogP contribution in [0.2, 0.25) is 0 Å². The van der Waals surface area contributed by atoms with Gasteiger partial charge in [-0.05, 0) is 72.9 Å². The van der Waals surface area contributed by atoms with Crippen molar-refractivity contribution >= 4 is 24.0 Å². The molecule has 3 aromatic carbocycles. The Kier molecular flexibility index (Phi) is 10.2. The average molecular weight is 725 g/mol. The van der Waals surface area contributed by atoms with E-state index in [1.807, 2.05) is 43.3 Å². The van der Waals surface area contributed by atoms with Crippen LogP contribution in [-0.2, 0) is 28.2 Å². The molecule has 0 N–H and O–H groups in total. The number of ether oxygens (including phenoxy) is 3. The Morgan fingerprint density at radius 2 is 1.58 bits per heavy atom. The Balaban J connectivity index is 0.914. The van der Waals surface area contributed by atoms with E-state index >= 15 is 0 Å². The second-order valence-electron chi connectivity index (χ2n) is 15.0. The third-order valence-corrected chi connectivity index (χ3v) is 10.8. The van der Waals surface area contributed by atoms with Crippen molar-refractivity contribution in [2.75, 3.05) is 49.2 Å². The number of rotatable bonds is 11. The summed E-state index contributed by atoms with van der Waals surface area (Å²) in [4.78, 5) is 22.8. The van der Waals surface area contributed by atoms with Crippen LogP contribution < -0.4 is 20.2 Å². The molecule has 7 rings (SSSR count). The summed E-state index contributed by atoms with van der Waals surface area (Å²) in [6, 6.07) is 22.5. The predicted molar refractivity (Wildman–Crippen MR) is 204 cm³/mol. The molecule has 0 radical (unpaired) electrons. The van der Waals surface area contributed by atoms with Gasteiger partial charge in [0, 0.05) is 54.6 Å². The van der Waals surface area contributed by atoms with Gasteiger partial charge in [0.05, 0.1) is 18.8 Å². The lowest BCUT2D eigenvalue weighted by molar-refractivity contribution is -0.116. The maximum atomic E-state index is 13.1. The minimum atomic E-state index is -0.769. The molecular weight excluding hydrogens is 677 g/mol. The van der Waals surface area contributed by atoms with Gasteiger partial charge in [-0.15, -0.1) is 12.6 Å². The van der Waals surface area contributed by atoms with E-state index in [4.69, 9.17) is 26.8 Å². The maximum absolute atomic E-state index is 13.1. The van der Waals surface area contributed by atoms with Gasteiger partial charge in [-0.25, -0.2) is 23.7 Å². The van der Waals surface area contributed by atoms with Gasteiger partial charge in [-0.3, -0.25) is 0 Å². The SMILES string of the molecule is Cc1ccc(C2(Cn3cncn3)CO[C@H](COc3ccc(N4CCN(c5ccc(-n6cnn(CC(C)C(C)(C)C)c6=O)cc5)CC4)cc3)O2)c(S)c1. The molecule has 4 heterocycles. The second-order valence-corrected chi connectivity index (χ2v) is 15.5. The van der Waals surface area contributed by atoms with E-state index in [9.17, 15) is 4.79 Å². The summed E-state index contributed by atoms with van der Waals surface area (Å²) in [5, 5.41) is 8.69. The summed E-state index contributed by atoms with van der Waals surface area (Å²) >= 11 is 4.77. The number of benzene rings is 3. The predicted octanol–water partition coefficient (Wildman–Crippen LogP) is 5.58. The van der Waals surface area contributed by atoms with Crippen molar-refractivity contribution in [3.05, 3.63) is 107 Å². The second kappa shape index (κ2) is 14.8. The van der Waals surface area contributed by atoms with Crippen LogP contribution in [-0.4, -0.2) is 74.8 Å². The van der Waals surface area contributed by atoms with Crippen LogP contribution >= 0.6 is 12.6 Å². The van der Waals surface area contributed by atoms with E-state index in [-0.39, 0.29) is 17.7 Å². The van der Waals surface area contributed by atoms with Gasteiger partial charge in [0.1, 0.15) is 36.9 Å². The quantitative estimate of drug-likeness (QED) is 0.175. The normalized spacial score (nSPS) is 20.0. The molecule has 12 nitrogen and oxygen atoms in total. The van der Waals surface area contributed by atoms with Crippen LogP contribution in [0, 0.1) is 18.3 Å². The largest absolute Gasteiger partial charge is 0.488 e. The number of thiol groups is 1. The van der Waals surface area contributed by atoms with Gasteiger partial charge >= 0.3 is 5.69 Å². The van der Waals surface area contributed by atoms with Gasteiger partial charge in [-0.2, -0.15) is 10.2 Å². The zero-order chi connectivity index (χ0) is 36.5. The third kappa shape index (κ3) is 7.76. The summed E-state index contributed by atoms with van der Waals surface area (Å²) < 4.78 is 23.8. The molecule has 274 valence electrons. The molecule has 2 aromatic heterocycles. The molecule has 0 saturated carbocycles. The number of piperazine rings is 1. The summed E-state index contributed by atoms with van der Waals surface area (Å²) in [7, 11) is 0. The molecule has 0 amide bonds. The minimum absolute atomic E-state index is 0.101. The third-order valence-electron chi connectivity index (χ3n) is 10.4. The first-order valence-corrected chi connectivity index (χ1v) is 18.3. The van der Waals surface area contributed by atoms with Crippen LogP contribution in [0.25, 0.3) is 5.69 Å². The first kappa shape index (κ1) is 35.8. The Morgan fingerprint density at radius 1 is 0.923 bits per heavy atom. The molecule has 0 aliphatic carbocycles. The molecule has 0 bridgehead atoms. The molecule has 2 fully saturated rings. The lowest BCUT2D eigenvalue weighted by Crippen LogP contribution is -2.46. The zero-order valence-corrected chi connectivity index (χ0v) is 31.4. The molecule has 13 heteroatoms. The Morgan fingerprint density at radius 3 is 2.19 bits per heavy atom. The Labute approximate surface area is 310 Å². The van der Waals surface area contributed by atoms with Crippen molar-refractivity contribution in [3.8, 4) is 11.4 Å². The summed E-state index contributed by atoms with van der Waals surface area (Å²) in [5.41, 5.74) is 4.41. The fourth-order valence-corrected chi connectivity index (χ4v) is 7.16. The van der Waals surface area contributed by atoms with Crippen LogP contribution in [0.4, 0.5) is 11.4 Å².